The minimum absolute atomic E-state index is 0.556. The Morgan fingerprint density at radius 3 is 2.56 bits per heavy atom. The molecule has 0 aliphatic carbocycles. The number of carbonyl (C=O) groups excluding carboxylic acids is 1. The lowest BCUT2D eigenvalue weighted by Gasteiger charge is -2.12. The first-order valence-corrected chi connectivity index (χ1v) is 6.84. The van der Waals surface area contributed by atoms with Crippen LogP contribution in [0.25, 0.3) is 0 Å². The Morgan fingerprint density at radius 1 is 1.17 bits per heavy atom. The van der Waals surface area contributed by atoms with E-state index in [-0.39, 0.29) is 0 Å². The second kappa shape index (κ2) is 5.71. The predicted octanol–water partition coefficient (Wildman–Crippen LogP) is 4.81. The molecule has 0 bridgehead atoms. The molecule has 4 heteroatoms. The summed E-state index contributed by atoms with van der Waals surface area (Å²) in [5.74, 6) is 0. The summed E-state index contributed by atoms with van der Waals surface area (Å²) in [5, 5.41) is 3.81. The van der Waals surface area contributed by atoms with Gasteiger partial charge in [-0.15, -0.1) is 0 Å². The minimum Gasteiger partial charge on any atom is -0.355 e. The summed E-state index contributed by atoms with van der Waals surface area (Å²) in [4.78, 5) is 11.0. The molecule has 0 radical (unpaired) electrons. The van der Waals surface area contributed by atoms with E-state index in [1.165, 1.54) is 3.57 Å². The Bertz CT molecular complexity index is 598. The summed E-state index contributed by atoms with van der Waals surface area (Å²) >= 11 is 8.13. The molecule has 2 aromatic carbocycles. The highest BCUT2D eigenvalue weighted by molar-refractivity contribution is 14.1. The summed E-state index contributed by atoms with van der Waals surface area (Å²) in [6, 6.07) is 11.3. The first-order chi connectivity index (χ1) is 8.60. The van der Waals surface area contributed by atoms with E-state index in [9.17, 15) is 4.79 Å². The van der Waals surface area contributed by atoms with Crippen LogP contribution in [0, 0.1) is 10.5 Å². The van der Waals surface area contributed by atoms with Crippen molar-refractivity contribution in [2.24, 2.45) is 0 Å². The van der Waals surface area contributed by atoms with Gasteiger partial charge in [-0.25, -0.2) is 0 Å². The Hall–Kier alpha value is -1.07. The third-order valence-electron chi connectivity index (χ3n) is 2.60. The molecular formula is C14H11ClINO. The van der Waals surface area contributed by atoms with Gasteiger partial charge in [0.05, 0.1) is 0 Å². The van der Waals surface area contributed by atoms with Crippen molar-refractivity contribution >= 4 is 51.9 Å². The second-order valence-corrected chi connectivity index (χ2v) is 5.62. The molecule has 2 aromatic rings. The van der Waals surface area contributed by atoms with E-state index in [0.29, 0.717) is 10.6 Å². The molecule has 0 aliphatic heterocycles. The first kappa shape index (κ1) is 13.4. The average Bonchev–Trinajstić information content (AvgIpc) is 2.34. The molecule has 0 fully saturated rings. The SMILES string of the molecule is Cc1cc(I)ccc1Nc1ccc(Cl)cc1C=O. The number of nitrogens with one attached hydrogen (secondary N) is 1. The average molecular weight is 372 g/mol. The minimum atomic E-state index is 0.556. The van der Waals surface area contributed by atoms with Crippen molar-refractivity contribution < 1.29 is 4.79 Å². The molecule has 1 N–H and O–H groups in total. The zero-order chi connectivity index (χ0) is 13.1. The van der Waals surface area contributed by atoms with Gasteiger partial charge < -0.3 is 5.32 Å². The Labute approximate surface area is 124 Å². The second-order valence-electron chi connectivity index (χ2n) is 3.93. The molecule has 0 saturated heterocycles. The van der Waals surface area contributed by atoms with Crippen molar-refractivity contribution in [2.45, 2.75) is 6.92 Å². The van der Waals surface area contributed by atoms with Gasteiger partial charge >= 0.3 is 0 Å². The van der Waals surface area contributed by atoms with Crippen LogP contribution in [0.2, 0.25) is 5.02 Å². The van der Waals surface area contributed by atoms with Crippen LogP contribution in [0.3, 0.4) is 0 Å². The van der Waals surface area contributed by atoms with Crippen molar-refractivity contribution in [3.05, 3.63) is 56.1 Å². The zero-order valence-electron chi connectivity index (χ0n) is 9.71. The van der Waals surface area contributed by atoms with E-state index in [4.69, 9.17) is 11.6 Å². The third-order valence-corrected chi connectivity index (χ3v) is 3.50. The van der Waals surface area contributed by atoms with Gasteiger partial charge in [-0.3, -0.25) is 4.79 Å². The van der Waals surface area contributed by atoms with Crippen LogP contribution in [0.1, 0.15) is 15.9 Å². The van der Waals surface area contributed by atoms with Crippen LogP contribution in [0.15, 0.2) is 36.4 Å². The van der Waals surface area contributed by atoms with Gasteiger partial charge in [-0.2, -0.15) is 0 Å². The maximum Gasteiger partial charge on any atom is 0.152 e. The Morgan fingerprint density at radius 2 is 1.89 bits per heavy atom. The molecule has 0 unspecified atom stereocenters. The van der Waals surface area contributed by atoms with Gasteiger partial charge in [-0.1, -0.05) is 11.6 Å². The molecule has 92 valence electrons. The standard InChI is InChI=1S/C14H11ClINO/c1-9-6-12(16)3-5-13(9)17-14-4-2-11(15)7-10(14)8-18/h2-8,17H,1H3. The molecule has 18 heavy (non-hydrogen) atoms. The number of aldehydes is 1. The van der Waals surface area contributed by atoms with Crippen molar-refractivity contribution in [1.29, 1.82) is 0 Å². The first-order valence-electron chi connectivity index (χ1n) is 5.38. The number of hydrogen-bond acceptors (Lipinski definition) is 2. The smallest absolute Gasteiger partial charge is 0.152 e. The molecule has 2 nitrogen and oxygen atoms in total. The lowest BCUT2D eigenvalue weighted by Crippen LogP contribution is -1.97. The molecule has 0 atom stereocenters. The fourth-order valence-corrected chi connectivity index (χ4v) is 2.48. The topological polar surface area (TPSA) is 29.1 Å². The molecule has 0 amide bonds. The van der Waals surface area contributed by atoms with Crippen LogP contribution in [-0.2, 0) is 0 Å². The van der Waals surface area contributed by atoms with E-state index < -0.39 is 0 Å². The van der Waals surface area contributed by atoms with Gasteiger partial charge in [0.2, 0.25) is 0 Å². The molecule has 0 heterocycles. The number of rotatable bonds is 3. The highest BCUT2D eigenvalue weighted by Gasteiger charge is 2.05. The summed E-state index contributed by atoms with van der Waals surface area (Å²) in [6.07, 6.45) is 0.802. The van der Waals surface area contributed by atoms with E-state index >= 15 is 0 Å². The third kappa shape index (κ3) is 3.03. The number of halogens is 2. The number of benzene rings is 2. The molecule has 0 aliphatic rings. The monoisotopic (exact) mass is 371 g/mol. The van der Waals surface area contributed by atoms with Crippen LogP contribution in [0.4, 0.5) is 11.4 Å². The van der Waals surface area contributed by atoms with Crippen LogP contribution in [0.5, 0.6) is 0 Å². The molecule has 0 spiro atoms. The largest absolute Gasteiger partial charge is 0.355 e. The normalized spacial score (nSPS) is 10.2. The van der Waals surface area contributed by atoms with Crippen molar-refractivity contribution in [3.8, 4) is 0 Å². The summed E-state index contributed by atoms with van der Waals surface area (Å²) in [7, 11) is 0. The van der Waals surface area contributed by atoms with Crippen molar-refractivity contribution in [3.63, 3.8) is 0 Å². The quantitative estimate of drug-likeness (QED) is 0.620. The Balaban J connectivity index is 2.36. The molecule has 0 saturated carbocycles. The predicted molar refractivity (Wildman–Crippen MR) is 84.0 cm³/mol. The highest BCUT2D eigenvalue weighted by Crippen LogP contribution is 2.26. The van der Waals surface area contributed by atoms with Gasteiger partial charge in [0.25, 0.3) is 0 Å². The number of hydrogen-bond donors (Lipinski definition) is 1. The lowest BCUT2D eigenvalue weighted by atomic mass is 10.1. The summed E-state index contributed by atoms with van der Waals surface area (Å²) < 4.78 is 1.18. The lowest BCUT2D eigenvalue weighted by molar-refractivity contribution is 0.112. The molecular weight excluding hydrogens is 361 g/mol. The molecule has 2 rings (SSSR count). The van der Waals surface area contributed by atoms with Crippen molar-refractivity contribution in [2.75, 3.05) is 5.32 Å². The summed E-state index contributed by atoms with van der Waals surface area (Å²) in [5.41, 5.74) is 3.44. The molecule has 0 aromatic heterocycles. The number of anilines is 2. The zero-order valence-corrected chi connectivity index (χ0v) is 12.6. The van der Waals surface area contributed by atoms with Crippen LogP contribution in [-0.4, -0.2) is 6.29 Å². The van der Waals surface area contributed by atoms with Crippen LogP contribution >= 0.6 is 34.2 Å². The van der Waals surface area contributed by atoms with Crippen LogP contribution < -0.4 is 5.32 Å². The van der Waals surface area contributed by atoms with E-state index in [1.807, 2.05) is 25.1 Å². The van der Waals surface area contributed by atoms with E-state index in [1.54, 1.807) is 12.1 Å². The van der Waals surface area contributed by atoms with E-state index in [0.717, 1.165) is 23.2 Å². The summed E-state index contributed by atoms with van der Waals surface area (Å²) in [6.45, 7) is 2.03. The van der Waals surface area contributed by atoms with Gasteiger partial charge in [0, 0.05) is 25.5 Å². The fourth-order valence-electron chi connectivity index (χ4n) is 1.66. The van der Waals surface area contributed by atoms with E-state index in [2.05, 4.69) is 34.0 Å². The number of carbonyl (C=O) groups is 1. The van der Waals surface area contributed by atoms with Crippen molar-refractivity contribution in [1.82, 2.24) is 0 Å². The Kier molecular flexibility index (Phi) is 4.24. The van der Waals surface area contributed by atoms with Gasteiger partial charge in [-0.05, 0) is 71.5 Å². The highest BCUT2D eigenvalue weighted by atomic mass is 127. The number of aryl methyl sites for hydroxylation is 1. The fraction of sp³-hybridized carbons (Fsp3) is 0.0714. The maximum atomic E-state index is 11.0. The maximum absolute atomic E-state index is 11.0. The van der Waals surface area contributed by atoms with Gasteiger partial charge in [0.15, 0.2) is 6.29 Å². The van der Waals surface area contributed by atoms with Gasteiger partial charge in [0.1, 0.15) is 0 Å².